The van der Waals surface area contributed by atoms with Gasteiger partial charge in [-0.1, -0.05) is 29.3 Å². The largest absolute Gasteiger partial charge is 0.496 e. The maximum Gasteiger partial charge on any atom is 0.261 e. The highest BCUT2D eigenvalue weighted by Gasteiger charge is 2.09. The molecule has 0 spiro atoms. The quantitative estimate of drug-likeness (QED) is 0.914. The molecular formula is C15H16ClNO2S. The van der Waals surface area contributed by atoms with E-state index in [4.69, 9.17) is 16.3 Å². The number of hydrogen-bond acceptors (Lipinski definition) is 3. The van der Waals surface area contributed by atoms with Gasteiger partial charge >= 0.3 is 0 Å². The fourth-order valence-electron chi connectivity index (χ4n) is 1.94. The van der Waals surface area contributed by atoms with E-state index in [-0.39, 0.29) is 5.91 Å². The zero-order chi connectivity index (χ0) is 14.5. The summed E-state index contributed by atoms with van der Waals surface area (Å²) < 4.78 is 5.94. The predicted molar refractivity (Wildman–Crippen MR) is 83.1 cm³/mol. The van der Waals surface area contributed by atoms with E-state index in [1.807, 2.05) is 19.1 Å². The molecule has 3 nitrogen and oxygen atoms in total. The summed E-state index contributed by atoms with van der Waals surface area (Å²) in [7, 11) is 1.65. The molecule has 2 rings (SSSR count). The molecule has 0 aliphatic carbocycles. The first-order valence-corrected chi connectivity index (χ1v) is 7.46. The minimum absolute atomic E-state index is 0.0893. The average Bonchev–Trinajstić information content (AvgIpc) is 2.86. The molecule has 0 bridgehead atoms. The van der Waals surface area contributed by atoms with Crippen molar-refractivity contribution >= 4 is 28.8 Å². The van der Waals surface area contributed by atoms with Crippen LogP contribution in [0.5, 0.6) is 5.75 Å². The maximum absolute atomic E-state index is 11.9. The summed E-state index contributed by atoms with van der Waals surface area (Å²) in [6.07, 6.45) is 0.732. The number of thiophene rings is 1. The van der Waals surface area contributed by atoms with Crippen LogP contribution in [0.15, 0.2) is 30.3 Å². The molecule has 2 aromatic rings. The van der Waals surface area contributed by atoms with Gasteiger partial charge in [-0.2, -0.15) is 0 Å². The van der Waals surface area contributed by atoms with Crippen LogP contribution in [0.3, 0.4) is 0 Å². The van der Waals surface area contributed by atoms with Gasteiger partial charge in [0.1, 0.15) is 5.75 Å². The molecule has 20 heavy (non-hydrogen) atoms. The Morgan fingerprint density at radius 3 is 2.80 bits per heavy atom. The minimum atomic E-state index is -0.0893. The summed E-state index contributed by atoms with van der Waals surface area (Å²) in [5.41, 5.74) is 2.27. The number of amides is 1. The van der Waals surface area contributed by atoms with Gasteiger partial charge in [-0.15, -0.1) is 11.3 Å². The second kappa shape index (κ2) is 6.77. The molecule has 1 aromatic heterocycles. The van der Waals surface area contributed by atoms with Crippen molar-refractivity contribution in [3.8, 4) is 5.75 Å². The third-order valence-corrected chi connectivity index (χ3v) is 4.14. The normalized spacial score (nSPS) is 10.3. The van der Waals surface area contributed by atoms with E-state index in [1.165, 1.54) is 16.9 Å². The third-order valence-electron chi connectivity index (χ3n) is 2.91. The van der Waals surface area contributed by atoms with E-state index < -0.39 is 0 Å². The molecule has 0 fully saturated rings. The number of aryl methyl sites for hydroxylation is 1. The first-order chi connectivity index (χ1) is 9.60. The van der Waals surface area contributed by atoms with Crippen molar-refractivity contribution in [2.75, 3.05) is 13.7 Å². The Labute approximate surface area is 127 Å². The molecule has 1 amide bonds. The van der Waals surface area contributed by atoms with E-state index in [1.54, 1.807) is 19.2 Å². The second-order valence-corrected chi connectivity index (χ2v) is 6.14. The van der Waals surface area contributed by atoms with Crippen molar-refractivity contribution in [3.63, 3.8) is 0 Å². The van der Waals surface area contributed by atoms with Gasteiger partial charge in [0.25, 0.3) is 5.91 Å². The zero-order valence-corrected chi connectivity index (χ0v) is 13.0. The number of ether oxygens (including phenoxy) is 1. The van der Waals surface area contributed by atoms with Crippen LogP contribution in [0.4, 0.5) is 0 Å². The summed E-state index contributed by atoms with van der Waals surface area (Å²) in [5, 5.41) is 2.89. The second-order valence-electron chi connectivity index (χ2n) is 4.42. The van der Waals surface area contributed by atoms with E-state index in [0.29, 0.717) is 15.8 Å². The minimum Gasteiger partial charge on any atom is -0.496 e. The van der Waals surface area contributed by atoms with Crippen LogP contribution >= 0.6 is 22.9 Å². The zero-order valence-electron chi connectivity index (χ0n) is 11.4. The molecule has 0 saturated carbocycles. The van der Waals surface area contributed by atoms with Crippen LogP contribution in [0.1, 0.15) is 20.8 Å². The molecule has 0 aliphatic rings. The van der Waals surface area contributed by atoms with Gasteiger partial charge in [0.15, 0.2) is 0 Å². The Morgan fingerprint density at radius 2 is 2.15 bits per heavy atom. The van der Waals surface area contributed by atoms with E-state index in [2.05, 4.69) is 11.4 Å². The van der Waals surface area contributed by atoms with Gasteiger partial charge in [-0.25, -0.2) is 0 Å². The molecule has 5 heteroatoms. The number of carbonyl (C=O) groups is 1. The lowest BCUT2D eigenvalue weighted by Crippen LogP contribution is -2.24. The average molecular weight is 310 g/mol. The smallest absolute Gasteiger partial charge is 0.261 e. The third kappa shape index (κ3) is 3.74. The highest BCUT2D eigenvalue weighted by atomic mass is 35.5. The van der Waals surface area contributed by atoms with Gasteiger partial charge in [0, 0.05) is 6.54 Å². The van der Waals surface area contributed by atoms with Crippen molar-refractivity contribution in [2.45, 2.75) is 13.3 Å². The molecule has 0 aliphatic heterocycles. The molecule has 0 atom stereocenters. The van der Waals surface area contributed by atoms with E-state index in [9.17, 15) is 4.79 Å². The Morgan fingerprint density at radius 1 is 1.35 bits per heavy atom. The Kier molecular flexibility index (Phi) is 5.04. The number of rotatable bonds is 5. The van der Waals surface area contributed by atoms with Gasteiger partial charge in [-0.3, -0.25) is 4.79 Å². The molecule has 0 radical (unpaired) electrons. The molecule has 1 aromatic carbocycles. The number of nitrogens with one attached hydrogen (secondary N) is 1. The highest BCUT2D eigenvalue weighted by molar-refractivity contribution is 7.17. The first kappa shape index (κ1) is 14.9. The number of benzene rings is 1. The Hall–Kier alpha value is -1.52. The van der Waals surface area contributed by atoms with Crippen LogP contribution in [0.2, 0.25) is 4.34 Å². The topological polar surface area (TPSA) is 38.3 Å². The summed E-state index contributed by atoms with van der Waals surface area (Å²) in [4.78, 5) is 12.5. The molecule has 0 unspecified atom stereocenters. The van der Waals surface area contributed by atoms with Crippen LogP contribution in [-0.2, 0) is 6.42 Å². The van der Waals surface area contributed by atoms with Crippen LogP contribution in [0.25, 0.3) is 0 Å². The Balaban J connectivity index is 1.93. The lowest BCUT2D eigenvalue weighted by atomic mass is 10.1. The van der Waals surface area contributed by atoms with Crippen molar-refractivity contribution in [3.05, 3.63) is 50.7 Å². The summed E-state index contributed by atoms with van der Waals surface area (Å²) in [6, 6.07) is 9.49. The van der Waals surface area contributed by atoms with Crippen molar-refractivity contribution in [2.24, 2.45) is 0 Å². The van der Waals surface area contributed by atoms with Crippen LogP contribution in [-0.4, -0.2) is 19.6 Å². The molecular weight excluding hydrogens is 294 g/mol. The highest BCUT2D eigenvalue weighted by Crippen LogP contribution is 2.22. The fourth-order valence-corrected chi connectivity index (χ4v) is 2.90. The number of carbonyl (C=O) groups excluding carboxylic acids is 1. The van der Waals surface area contributed by atoms with E-state index >= 15 is 0 Å². The van der Waals surface area contributed by atoms with Gasteiger partial charge in [0.2, 0.25) is 0 Å². The number of hydrogen-bond donors (Lipinski definition) is 1. The lowest BCUT2D eigenvalue weighted by Gasteiger charge is -2.10. The fraction of sp³-hybridized carbons (Fsp3) is 0.267. The van der Waals surface area contributed by atoms with Crippen molar-refractivity contribution in [1.82, 2.24) is 5.32 Å². The van der Waals surface area contributed by atoms with Crippen molar-refractivity contribution < 1.29 is 9.53 Å². The van der Waals surface area contributed by atoms with Crippen molar-refractivity contribution in [1.29, 1.82) is 0 Å². The standard InChI is InChI=1S/C15H16ClNO2S/c1-10-3-4-12(19-2)11(9-10)7-8-17-15(18)13-5-6-14(16)20-13/h3-6,9H,7-8H2,1-2H3,(H,17,18). The summed E-state index contributed by atoms with van der Waals surface area (Å²) >= 11 is 7.09. The van der Waals surface area contributed by atoms with Gasteiger partial charge in [0.05, 0.1) is 16.3 Å². The SMILES string of the molecule is COc1ccc(C)cc1CCNC(=O)c1ccc(Cl)s1. The molecule has 1 N–H and O–H groups in total. The lowest BCUT2D eigenvalue weighted by molar-refractivity contribution is 0.0958. The van der Waals surface area contributed by atoms with Crippen LogP contribution < -0.4 is 10.1 Å². The molecule has 1 heterocycles. The van der Waals surface area contributed by atoms with Crippen LogP contribution in [0, 0.1) is 6.92 Å². The van der Waals surface area contributed by atoms with E-state index in [0.717, 1.165) is 17.7 Å². The monoisotopic (exact) mass is 309 g/mol. The maximum atomic E-state index is 11.9. The number of halogens is 1. The molecule has 106 valence electrons. The van der Waals surface area contributed by atoms with Gasteiger partial charge in [-0.05, 0) is 37.1 Å². The number of methoxy groups -OCH3 is 1. The Bertz CT molecular complexity index is 610. The molecule has 0 saturated heterocycles. The summed E-state index contributed by atoms with van der Waals surface area (Å²) in [6.45, 7) is 2.60. The first-order valence-electron chi connectivity index (χ1n) is 6.27. The predicted octanol–water partition coefficient (Wildman–Crippen LogP) is 3.69. The summed E-state index contributed by atoms with van der Waals surface area (Å²) in [5.74, 6) is 0.762. The van der Waals surface area contributed by atoms with Gasteiger partial charge < -0.3 is 10.1 Å².